The van der Waals surface area contributed by atoms with Gasteiger partial charge in [0.25, 0.3) is 0 Å². The number of carbonyl (C=O) groups excluding carboxylic acids is 1. The minimum absolute atomic E-state index is 0. The number of hydrogen-bond acceptors (Lipinski definition) is 3. The van der Waals surface area contributed by atoms with Crippen molar-refractivity contribution in [1.82, 2.24) is 5.32 Å². The quantitative estimate of drug-likeness (QED) is 0.872. The second-order valence-electron chi connectivity index (χ2n) is 4.42. The second kappa shape index (κ2) is 8.21. The van der Waals surface area contributed by atoms with E-state index in [0.717, 1.165) is 12.1 Å². The predicted molar refractivity (Wildman–Crippen MR) is 75.1 cm³/mol. The Balaban J connectivity index is 0.00000400. The molecule has 1 aromatic rings. The standard InChI is InChI=1S/C13H17F3N2O2.ClH/c1-8(18-12(19)11(17)7-20-2)9-4-3-5-10(6-9)13(14,15)16;/h3-6,8,11H,7,17H2,1-2H3,(H,18,19);1H. The number of rotatable bonds is 5. The third-order valence-electron chi connectivity index (χ3n) is 2.76. The largest absolute Gasteiger partial charge is 0.416 e. The highest BCUT2D eigenvalue weighted by Gasteiger charge is 2.30. The van der Waals surface area contributed by atoms with Crippen LogP contribution in [0.2, 0.25) is 0 Å². The van der Waals surface area contributed by atoms with Gasteiger partial charge in [-0.2, -0.15) is 13.2 Å². The summed E-state index contributed by atoms with van der Waals surface area (Å²) in [7, 11) is 1.41. The van der Waals surface area contributed by atoms with Crippen LogP contribution in [0.1, 0.15) is 24.1 Å². The maximum Gasteiger partial charge on any atom is 0.416 e. The van der Waals surface area contributed by atoms with Crippen molar-refractivity contribution in [2.24, 2.45) is 5.73 Å². The summed E-state index contributed by atoms with van der Waals surface area (Å²) in [6.45, 7) is 1.63. The van der Waals surface area contributed by atoms with Crippen LogP contribution in [0.4, 0.5) is 13.2 Å². The lowest BCUT2D eigenvalue weighted by Gasteiger charge is -2.18. The zero-order valence-corrected chi connectivity index (χ0v) is 12.4. The smallest absolute Gasteiger partial charge is 0.383 e. The van der Waals surface area contributed by atoms with E-state index in [0.29, 0.717) is 5.56 Å². The first-order valence-corrected chi connectivity index (χ1v) is 5.97. The molecule has 21 heavy (non-hydrogen) atoms. The van der Waals surface area contributed by atoms with Gasteiger partial charge in [-0.15, -0.1) is 12.4 Å². The predicted octanol–water partition coefficient (Wildman–Crippen LogP) is 2.28. The highest BCUT2D eigenvalue weighted by atomic mass is 35.5. The highest BCUT2D eigenvalue weighted by Crippen LogP contribution is 2.30. The van der Waals surface area contributed by atoms with E-state index in [-0.39, 0.29) is 19.0 Å². The van der Waals surface area contributed by atoms with Gasteiger partial charge < -0.3 is 15.8 Å². The Morgan fingerprint density at radius 3 is 2.57 bits per heavy atom. The van der Waals surface area contributed by atoms with Crippen molar-refractivity contribution >= 4 is 18.3 Å². The van der Waals surface area contributed by atoms with Crippen molar-refractivity contribution in [1.29, 1.82) is 0 Å². The van der Waals surface area contributed by atoms with Gasteiger partial charge in [0.1, 0.15) is 6.04 Å². The first kappa shape index (κ1) is 19.7. The fourth-order valence-electron chi connectivity index (χ4n) is 1.64. The van der Waals surface area contributed by atoms with Gasteiger partial charge in [-0.3, -0.25) is 4.79 Å². The molecule has 1 aromatic carbocycles. The molecule has 0 aliphatic heterocycles. The summed E-state index contributed by atoms with van der Waals surface area (Å²) in [5, 5.41) is 2.55. The molecule has 0 saturated heterocycles. The molecular weight excluding hydrogens is 309 g/mol. The van der Waals surface area contributed by atoms with Crippen LogP contribution in [-0.2, 0) is 15.7 Å². The van der Waals surface area contributed by atoms with Crippen molar-refractivity contribution in [3.05, 3.63) is 35.4 Å². The van der Waals surface area contributed by atoms with Crippen molar-refractivity contribution in [3.63, 3.8) is 0 Å². The molecule has 120 valence electrons. The van der Waals surface area contributed by atoms with Crippen LogP contribution >= 0.6 is 12.4 Å². The molecular formula is C13H18ClF3N2O2. The van der Waals surface area contributed by atoms with Gasteiger partial charge in [0.2, 0.25) is 5.91 Å². The van der Waals surface area contributed by atoms with Crippen LogP contribution in [0.3, 0.4) is 0 Å². The fraction of sp³-hybridized carbons (Fsp3) is 0.462. The minimum atomic E-state index is -4.41. The summed E-state index contributed by atoms with van der Waals surface area (Å²) in [6.07, 6.45) is -4.41. The maximum atomic E-state index is 12.6. The monoisotopic (exact) mass is 326 g/mol. The normalized spacial score (nSPS) is 14.0. The molecule has 4 nitrogen and oxygen atoms in total. The van der Waals surface area contributed by atoms with Crippen molar-refractivity contribution in [2.45, 2.75) is 25.2 Å². The van der Waals surface area contributed by atoms with Crippen LogP contribution < -0.4 is 11.1 Å². The lowest BCUT2D eigenvalue weighted by atomic mass is 10.0. The summed E-state index contributed by atoms with van der Waals surface area (Å²) in [6, 6.07) is 3.38. The van der Waals surface area contributed by atoms with E-state index >= 15 is 0 Å². The number of methoxy groups -OCH3 is 1. The van der Waals surface area contributed by atoms with E-state index in [2.05, 4.69) is 5.32 Å². The van der Waals surface area contributed by atoms with Crippen LogP contribution in [0, 0.1) is 0 Å². The average molecular weight is 327 g/mol. The SMILES string of the molecule is COCC(N)C(=O)NC(C)c1cccc(C(F)(F)F)c1.Cl. The minimum Gasteiger partial charge on any atom is -0.383 e. The lowest BCUT2D eigenvalue weighted by molar-refractivity contribution is -0.137. The van der Waals surface area contributed by atoms with Gasteiger partial charge in [-0.05, 0) is 24.6 Å². The van der Waals surface area contributed by atoms with Crippen molar-refractivity contribution in [2.75, 3.05) is 13.7 Å². The first-order chi connectivity index (χ1) is 9.25. The molecule has 0 radical (unpaired) electrons. The van der Waals surface area contributed by atoms with Crippen LogP contribution in [0.5, 0.6) is 0 Å². The second-order valence-corrected chi connectivity index (χ2v) is 4.42. The molecule has 0 fully saturated rings. The third kappa shape index (κ3) is 5.91. The van der Waals surface area contributed by atoms with Gasteiger partial charge in [-0.1, -0.05) is 12.1 Å². The molecule has 3 N–H and O–H groups in total. The molecule has 0 heterocycles. The molecule has 0 saturated carbocycles. The maximum absolute atomic E-state index is 12.6. The Labute approximate surface area is 127 Å². The molecule has 8 heteroatoms. The Morgan fingerprint density at radius 1 is 1.43 bits per heavy atom. The van der Waals surface area contributed by atoms with Crippen LogP contribution in [0.15, 0.2) is 24.3 Å². The number of ether oxygens (including phenoxy) is 1. The Kier molecular flexibility index (Phi) is 7.70. The van der Waals surface area contributed by atoms with E-state index < -0.39 is 29.7 Å². The Hall–Kier alpha value is -1.31. The summed E-state index contributed by atoms with van der Waals surface area (Å²) in [5.74, 6) is -0.475. The van der Waals surface area contributed by atoms with E-state index in [9.17, 15) is 18.0 Å². The first-order valence-electron chi connectivity index (χ1n) is 5.97. The molecule has 0 aliphatic rings. The molecule has 1 amide bonds. The van der Waals surface area contributed by atoms with Crippen molar-refractivity contribution in [3.8, 4) is 0 Å². The number of nitrogens with one attached hydrogen (secondary N) is 1. The summed E-state index contributed by atoms with van der Waals surface area (Å²) in [4.78, 5) is 11.7. The van der Waals surface area contributed by atoms with Gasteiger partial charge in [-0.25, -0.2) is 0 Å². The van der Waals surface area contributed by atoms with Gasteiger partial charge in [0.15, 0.2) is 0 Å². The number of carbonyl (C=O) groups is 1. The summed E-state index contributed by atoms with van der Waals surface area (Å²) >= 11 is 0. The zero-order valence-electron chi connectivity index (χ0n) is 11.6. The Bertz CT molecular complexity index is 469. The molecule has 0 aliphatic carbocycles. The summed E-state index contributed by atoms with van der Waals surface area (Å²) in [5.41, 5.74) is 5.14. The van der Waals surface area contributed by atoms with E-state index in [1.165, 1.54) is 19.2 Å². The van der Waals surface area contributed by atoms with Gasteiger partial charge in [0, 0.05) is 7.11 Å². The Morgan fingerprint density at radius 2 is 2.05 bits per heavy atom. The van der Waals surface area contributed by atoms with Crippen molar-refractivity contribution < 1.29 is 22.7 Å². The number of halogens is 4. The van der Waals surface area contributed by atoms with E-state index in [1.807, 2.05) is 0 Å². The number of hydrogen-bond donors (Lipinski definition) is 2. The molecule has 2 unspecified atom stereocenters. The molecule has 0 aromatic heterocycles. The summed E-state index contributed by atoms with van der Waals surface area (Å²) < 4.78 is 42.5. The van der Waals surface area contributed by atoms with E-state index in [4.69, 9.17) is 10.5 Å². The zero-order chi connectivity index (χ0) is 15.3. The lowest BCUT2D eigenvalue weighted by Crippen LogP contribution is -2.44. The highest BCUT2D eigenvalue weighted by molar-refractivity contribution is 5.85. The average Bonchev–Trinajstić information content (AvgIpc) is 2.38. The van der Waals surface area contributed by atoms with E-state index in [1.54, 1.807) is 6.92 Å². The number of nitrogens with two attached hydrogens (primary N) is 1. The van der Waals surface area contributed by atoms with Crippen LogP contribution in [0.25, 0.3) is 0 Å². The molecule has 0 spiro atoms. The van der Waals surface area contributed by atoms with Gasteiger partial charge >= 0.3 is 6.18 Å². The number of benzene rings is 1. The molecule has 0 bridgehead atoms. The van der Waals surface area contributed by atoms with Gasteiger partial charge in [0.05, 0.1) is 18.2 Å². The molecule has 1 rings (SSSR count). The fourth-order valence-corrected chi connectivity index (χ4v) is 1.64. The number of alkyl halides is 3. The topological polar surface area (TPSA) is 64.3 Å². The molecule has 2 atom stereocenters. The number of amides is 1. The third-order valence-corrected chi connectivity index (χ3v) is 2.76. The van der Waals surface area contributed by atoms with Crippen LogP contribution in [-0.4, -0.2) is 25.7 Å².